The number of carboxylic acids is 1. The Morgan fingerprint density at radius 1 is 1.47 bits per heavy atom. The van der Waals surface area contributed by atoms with Crippen molar-refractivity contribution in [3.63, 3.8) is 0 Å². The van der Waals surface area contributed by atoms with E-state index in [-0.39, 0.29) is 17.6 Å². The number of methoxy groups -OCH3 is 1. The fourth-order valence-corrected chi connectivity index (χ4v) is 1.90. The fraction of sp³-hybridized carbons (Fsp3) is 0.818. The third-order valence-electron chi connectivity index (χ3n) is 2.46. The maximum atomic E-state index is 11.5. The molecule has 100 valence electrons. The minimum Gasteiger partial charge on any atom is -0.480 e. The van der Waals surface area contributed by atoms with Crippen LogP contribution >= 0.6 is 11.8 Å². The molecule has 0 aliphatic rings. The molecule has 0 heterocycles. The minimum absolute atomic E-state index is 0.0691. The van der Waals surface area contributed by atoms with Crippen LogP contribution in [0.25, 0.3) is 0 Å². The van der Waals surface area contributed by atoms with Gasteiger partial charge >= 0.3 is 5.97 Å². The second kappa shape index (κ2) is 9.30. The molecule has 0 aliphatic heterocycles. The van der Waals surface area contributed by atoms with E-state index in [0.717, 1.165) is 5.75 Å². The molecule has 0 rings (SSSR count). The number of rotatable bonds is 9. The number of ether oxygens (including phenoxy) is 1. The number of carbonyl (C=O) groups excluding carboxylic acids is 1. The third-order valence-corrected chi connectivity index (χ3v) is 3.38. The molecular formula is C11H21NO4S. The summed E-state index contributed by atoms with van der Waals surface area (Å²) < 4.78 is 4.85. The molecule has 1 amide bonds. The minimum atomic E-state index is -0.977. The number of amides is 1. The second-order valence-electron chi connectivity index (χ2n) is 3.81. The first-order valence-electron chi connectivity index (χ1n) is 5.61. The van der Waals surface area contributed by atoms with Crippen LogP contribution in [0.4, 0.5) is 0 Å². The van der Waals surface area contributed by atoms with E-state index in [0.29, 0.717) is 13.0 Å². The molecule has 2 atom stereocenters. The lowest BCUT2D eigenvalue weighted by Gasteiger charge is -2.19. The quantitative estimate of drug-likeness (QED) is 0.607. The molecule has 5 nitrogen and oxygen atoms in total. The van der Waals surface area contributed by atoms with Crippen LogP contribution in [0, 0.1) is 5.92 Å². The number of hydrogen-bond acceptors (Lipinski definition) is 4. The fourth-order valence-electron chi connectivity index (χ4n) is 1.21. The van der Waals surface area contributed by atoms with Gasteiger partial charge in [0, 0.05) is 12.9 Å². The number of thioether (sulfide) groups is 1. The lowest BCUT2D eigenvalue weighted by atomic mass is 9.99. The summed E-state index contributed by atoms with van der Waals surface area (Å²) in [4.78, 5) is 22.5. The Morgan fingerprint density at radius 3 is 2.59 bits per heavy atom. The molecule has 0 bridgehead atoms. The number of nitrogens with one attached hydrogen (secondary N) is 1. The molecule has 0 spiro atoms. The molecule has 0 aromatic rings. The van der Waals surface area contributed by atoms with Gasteiger partial charge in [-0.1, -0.05) is 20.3 Å². The maximum absolute atomic E-state index is 11.5. The van der Waals surface area contributed by atoms with Gasteiger partial charge in [-0.2, -0.15) is 0 Å². The molecule has 6 heteroatoms. The van der Waals surface area contributed by atoms with E-state index in [4.69, 9.17) is 9.84 Å². The Kier molecular flexibility index (Phi) is 8.89. The first-order chi connectivity index (χ1) is 8.02. The predicted octanol–water partition coefficient (Wildman–Crippen LogP) is 0.981. The van der Waals surface area contributed by atoms with Crippen molar-refractivity contribution in [1.82, 2.24) is 5.32 Å². The lowest BCUT2D eigenvalue weighted by molar-refractivity contribution is -0.143. The van der Waals surface area contributed by atoms with E-state index < -0.39 is 12.0 Å². The standard InChI is InChI=1S/C11H21NO4S/c1-4-8(2)10(11(14)15)12-9(13)7-17-6-5-16-3/h8,10H,4-7H2,1-3H3,(H,12,13)(H,14,15)/t8-,10+/m0/s1. The van der Waals surface area contributed by atoms with Crippen molar-refractivity contribution in [3.05, 3.63) is 0 Å². The van der Waals surface area contributed by atoms with Crippen molar-refractivity contribution >= 4 is 23.6 Å². The smallest absolute Gasteiger partial charge is 0.326 e. The number of carboxylic acid groups (broad SMARTS) is 1. The molecule has 0 fully saturated rings. The summed E-state index contributed by atoms with van der Waals surface area (Å²) in [6.45, 7) is 4.31. The topological polar surface area (TPSA) is 75.6 Å². The molecular weight excluding hydrogens is 242 g/mol. The average Bonchev–Trinajstić information content (AvgIpc) is 2.30. The predicted molar refractivity (Wildman–Crippen MR) is 68.2 cm³/mol. The molecule has 0 aromatic carbocycles. The normalized spacial score (nSPS) is 14.1. The van der Waals surface area contributed by atoms with Crippen LogP contribution in [0.1, 0.15) is 20.3 Å². The molecule has 0 unspecified atom stereocenters. The van der Waals surface area contributed by atoms with E-state index in [1.165, 1.54) is 11.8 Å². The van der Waals surface area contributed by atoms with Gasteiger partial charge in [0.05, 0.1) is 12.4 Å². The van der Waals surface area contributed by atoms with Crippen molar-refractivity contribution in [2.24, 2.45) is 5.92 Å². The first-order valence-corrected chi connectivity index (χ1v) is 6.77. The summed E-state index contributed by atoms with van der Waals surface area (Å²) in [5, 5.41) is 11.5. The summed E-state index contributed by atoms with van der Waals surface area (Å²) in [5.74, 6) is -0.289. The van der Waals surface area contributed by atoms with Crippen LogP contribution in [0.2, 0.25) is 0 Å². The largest absolute Gasteiger partial charge is 0.480 e. The van der Waals surface area contributed by atoms with Crippen LogP contribution < -0.4 is 5.32 Å². The Labute approximate surface area is 106 Å². The van der Waals surface area contributed by atoms with Crippen molar-refractivity contribution in [2.45, 2.75) is 26.3 Å². The van der Waals surface area contributed by atoms with Crippen molar-refractivity contribution in [1.29, 1.82) is 0 Å². The first kappa shape index (κ1) is 16.2. The molecule has 0 aliphatic carbocycles. The van der Waals surface area contributed by atoms with Gasteiger partial charge in [0.25, 0.3) is 0 Å². The van der Waals surface area contributed by atoms with Gasteiger partial charge in [-0.3, -0.25) is 4.79 Å². The highest BCUT2D eigenvalue weighted by Crippen LogP contribution is 2.08. The summed E-state index contributed by atoms with van der Waals surface area (Å²) in [7, 11) is 1.60. The van der Waals surface area contributed by atoms with E-state index in [1.807, 2.05) is 13.8 Å². The van der Waals surface area contributed by atoms with Gasteiger partial charge in [-0.15, -0.1) is 11.8 Å². The summed E-state index contributed by atoms with van der Waals surface area (Å²) in [6.07, 6.45) is 0.716. The Bertz CT molecular complexity index is 248. The molecule has 0 radical (unpaired) electrons. The molecule has 17 heavy (non-hydrogen) atoms. The van der Waals surface area contributed by atoms with Gasteiger partial charge in [0.2, 0.25) is 5.91 Å². The van der Waals surface area contributed by atoms with Gasteiger partial charge in [-0.25, -0.2) is 4.79 Å². The summed E-state index contributed by atoms with van der Waals surface area (Å²) >= 11 is 1.43. The molecule has 0 saturated carbocycles. The zero-order valence-electron chi connectivity index (χ0n) is 10.6. The van der Waals surface area contributed by atoms with E-state index in [9.17, 15) is 9.59 Å². The third kappa shape index (κ3) is 7.23. The lowest BCUT2D eigenvalue weighted by Crippen LogP contribution is -2.45. The number of aliphatic carboxylic acids is 1. The van der Waals surface area contributed by atoms with Crippen LogP contribution in [0.5, 0.6) is 0 Å². The van der Waals surface area contributed by atoms with Crippen LogP contribution in [0.15, 0.2) is 0 Å². The van der Waals surface area contributed by atoms with E-state index in [2.05, 4.69) is 5.32 Å². The van der Waals surface area contributed by atoms with Crippen LogP contribution in [-0.4, -0.2) is 48.2 Å². The second-order valence-corrected chi connectivity index (χ2v) is 4.92. The zero-order valence-corrected chi connectivity index (χ0v) is 11.4. The molecule has 0 saturated heterocycles. The Morgan fingerprint density at radius 2 is 2.12 bits per heavy atom. The van der Waals surface area contributed by atoms with Crippen molar-refractivity contribution < 1.29 is 19.4 Å². The highest BCUT2D eigenvalue weighted by atomic mass is 32.2. The number of carbonyl (C=O) groups is 2. The summed E-state index contributed by atoms with van der Waals surface area (Å²) in [5.41, 5.74) is 0. The highest BCUT2D eigenvalue weighted by Gasteiger charge is 2.24. The van der Waals surface area contributed by atoms with Crippen LogP contribution in [-0.2, 0) is 14.3 Å². The Hall–Kier alpha value is -0.750. The van der Waals surface area contributed by atoms with Gasteiger partial charge in [-0.05, 0) is 5.92 Å². The monoisotopic (exact) mass is 263 g/mol. The van der Waals surface area contributed by atoms with Gasteiger partial charge in [0.1, 0.15) is 6.04 Å². The average molecular weight is 263 g/mol. The highest BCUT2D eigenvalue weighted by molar-refractivity contribution is 7.99. The van der Waals surface area contributed by atoms with E-state index in [1.54, 1.807) is 7.11 Å². The van der Waals surface area contributed by atoms with Crippen LogP contribution in [0.3, 0.4) is 0 Å². The number of hydrogen-bond donors (Lipinski definition) is 2. The van der Waals surface area contributed by atoms with Crippen molar-refractivity contribution in [2.75, 3.05) is 25.2 Å². The molecule has 2 N–H and O–H groups in total. The maximum Gasteiger partial charge on any atom is 0.326 e. The van der Waals surface area contributed by atoms with Crippen molar-refractivity contribution in [3.8, 4) is 0 Å². The van der Waals surface area contributed by atoms with Gasteiger partial charge < -0.3 is 15.2 Å². The van der Waals surface area contributed by atoms with Gasteiger partial charge in [0.15, 0.2) is 0 Å². The van der Waals surface area contributed by atoms with E-state index >= 15 is 0 Å². The summed E-state index contributed by atoms with van der Waals surface area (Å²) in [6, 6.07) is -0.796. The Balaban J connectivity index is 4.00. The zero-order chi connectivity index (χ0) is 13.3. The SMILES string of the molecule is CC[C@H](C)[C@@H](NC(=O)CSCCOC)C(=O)O. The molecule has 0 aromatic heterocycles.